The van der Waals surface area contributed by atoms with Gasteiger partial charge in [-0.1, -0.05) is 39.7 Å². The number of aromatic amines is 1. The molecule has 0 bridgehead atoms. The number of anilines is 1. The largest absolute Gasteiger partial charge is 0.349 e. The maximum Gasteiger partial charge on any atom is 0.273 e. The van der Waals surface area contributed by atoms with E-state index in [-0.39, 0.29) is 5.91 Å². The van der Waals surface area contributed by atoms with Crippen LogP contribution in [0.4, 0.5) is 5.69 Å². The van der Waals surface area contributed by atoms with Crippen LogP contribution in [0.3, 0.4) is 0 Å². The molecule has 0 aliphatic heterocycles. The Balaban J connectivity index is 1.65. The fraction of sp³-hybridized carbons (Fsp3) is 0.0588. The van der Waals surface area contributed by atoms with E-state index in [2.05, 4.69) is 41.8 Å². The fourth-order valence-electron chi connectivity index (χ4n) is 2.69. The number of H-pyrrole nitrogens is 1. The Morgan fingerprint density at radius 1 is 1.27 bits per heavy atom. The number of amides is 1. The van der Waals surface area contributed by atoms with Crippen LogP contribution in [-0.4, -0.2) is 31.1 Å². The van der Waals surface area contributed by atoms with Gasteiger partial charge in [-0.15, -0.1) is 5.10 Å². The number of fused-ring (bicyclic) bond motifs is 1. The molecule has 0 spiro atoms. The second-order valence-corrected chi connectivity index (χ2v) is 6.96. The van der Waals surface area contributed by atoms with Crippen LogP contribution >= 0.6 is 27.5 Å². The zero-order valence-electron chi connectivity index (χ0n) is 13.5. The minimum Gasteiger partial charge on any atom is -0.349 e. The highest BCUT2D eigenvalue weighted by Crippen LogP contribution is 2.30. The molecule has 2 heterocycles. The second-order valence-electron chi connectivity index (χ2n) is 5.66. The van der Waals surface area contributed by atoms with Gasteiger partial charge in [0.15, 0.2) is 5.82 Å². The number of hydrogen-bond acceptors (Lipinski definition) is 4. The molecule has 0 saturated carbocycles. The van der Waals surface area contributed by atoms with Crippen LogP contribution in [-0.2, 0) is 7.05 Å². The summed E-state index contributed by atoms with van der Waals surface area (Å²) < 4.78 is 2.45. The first-order valence-electron chi connectivity index (χ1n) is 7.64. The average Bonchev–Trinajstić information content (AvgIpc) is 3.19. The maximum atomic E-state index is 12.7. The molecule has 130 valence electrons. The standard InChI is InChI=1S/C17H12BrClN6O/c1-25-16(22-23-24-25)9-3-2-4-11(7-9)20-17(26)15-14(19)12-8-10(18)5-6-13(12)21-15/h2-8,21H,1H3,(H,20,26). The lowest BCUT2D eigenvalue weighted by Crippen LogP contribution is -2.12. The van der Waals surface area contributed by atoms with Gasteiger partial charge in [-0.05, 0) is 40.8 Å². The maximum absolute atomic E-state index is 12.7. The van der Waals surface area contributed by atoms with Gasteiger partial charge in [0.05, 0.1) is 5.02 Å². The summed E-state index contributed by atoms with van der Waals surface area (Å²) in [5, 5.41) is 15.4. The predicted octanol–water partition coefficient (Wildman–Crippen LogP) is 4.03. The molecule has 9 heteroatoms. The number of rotatable bonds is 3. The van der Waals surface area contributed by atoms with E-state index < -0.39 is 0 Å². The van der Waals surface area contributed by atoms with E-state index in [0.29, 0.717) is 22.2 Å². The van der Waals surface area contributed by atoms with E-state index in [1.165, 1.54) is 0 Å². The smallest absolute Gasteiger partial charge is 0.273 e. The highest BCUT2D eigenvalue weighted by molar-refractivity contribution is 9.10. The van der Waals surface area contributed by atoms with Crippen LogP contribution in [0, 0.1) is 0 Å². The third-order valence-electron chi connectivity index (χ3n) is 3.92. The normalized spacial score (nSPS) is 11.0. The molecule has 0 fully saturated rings. The Morgan fingerprint density at radius 3 is 2.88 bits per heavy atom. The highest BCUT2D eigenvalue weighted by Gasteiger charge is 2.17. The van der Waals surface area contributed by atoms with E-state index in [4.69, 9.17) is 11.6 Å². The van der Waals surface area contributed by atoms with E-state index in [0.717, 1.165) is 20.9 Å². The van der Waals surface area contributed by atoms with Crippen molar-refractivity contribution in [3.63, 3.8) is 0 Å². The Kier molecular flexibility index (Phi) is 4.21. The summed E-state index contributed by atoms with van der Waals surface area (Å²) in [4.78, 5) is 15.7. The van der Waals surface area contributed by atoms with Crippen molar-refractivity contribution in [3.05, 3.63) is 57.7 Å². The number of carbonyl (C=O) groups excluding carboxylic acids is 1. The average molecular weight is 432 g/mol. The molecule has 0 saturated heterocycles. The number of carbonyl (C=O) groups is 1. The van der Waals surface area contributed by atoms with E-state index in [9.17, 15) is 4.79 Å². The van der Waals surface area contributed by atoms with Gasteiger partial charge in [0.2, 0.25) is 0 Å². The van der Waals surface area contributed by atoms with Crippen LogP contribution < -0.4 is 5.32 Å². The highest BCUT2D eigenvalue weighted by atomic mass is 79.9. The van der Waals surface area contributed by atoms with Crippen molar-refractivity contribution in [1.82, 2.24) is 25.2 Å². The van der Waals surface area contributed by atoms with Gasteiger partial charge in [-0.25, -0.2) is 4.68 Å². The van der Waals surface area contributed by atoms with Gasteiger partial charge >= 0.3 is 0 Å². The number of halogens is 2. The van der Waals surface area contributed by atoms with Crippen molar-refractivity contribution in [3.8, 4) is 11.4 Å². The molecule has 4 aromatic rings. The molecule has 0 unspecified atom stereocenters. The number of benzene rings is 2. The molecule has 2 aromatic carbocycles. The predicted molar refractivity (Wildman–Crippen MR) is 103 cm³/mol. The SMILES string of the molecule is Cn1nnnc1-c1cccc(NC(=O)c2[nH]c3ccc(Br)cc3c2Cl)c1. The molecule has 7 nitrogen and oxygen atoms in total. The van der Waals surface area contributed by atoms with Gasteiger partial charge in [0.1, 0.15) is 5.69 Å². The van der Waals surface area contributed by atoms with Crippen LogP contribution in [0.25, 0.3) is 22.3 Å². The number of hydrogen-bond donors (Lipinski definition) is 2. The number of aryl methyl sites for hydroxylation is 1. The van der Waals surface area contributed by atoms with Crippen LogP contribution in [0.15, 0.2) is 46.9 Å². The Hall–Kier alpha value is -2.71. The number of tetrazole rings is 1. The van der Waals surface area contributed by atoms with Crippen LogP contribution in [0.2, 0.25) is 5.02 Å². The fourth-order valence-corrected chi connectivity index (χ4v) is 3.34. The first kappa shape index (κ1) is 16.7. The van der Waals surface area contributed by atoms with E-state index in [1.807, 2.05) is 30.3 Å². The third kappa shape index (κ3) is 2.97. The lowest BCUT2D eigenvalue weighted by molar-refractivity contribution is 0.102. The summed E-state index contributed by atoms with van der Waals surface area (Å²) in [7, 11) is 1.75. The molecule has 0 radical (unpaired) electrons. The molecule has 26 heavy (non-hydrogen) atoms. The van der Waals surface area contributed by atoms with Gasteiger partial charge in [-0.2, -0.15) is 0 Å². The van der Waals surface area contributed by atoms with Crippen molar-refractivity contribution in [2.45, 2.75) is 0 Å². The molecule has 2 N–H and O–H groups in total. The summed E-state index contributed by atoms with van der Waals surface area (Å²) in [6.45, 7) is 0. The molecule has 4 rings (SSSR count). The molecule has 0 aliphatic carbocycles. The van der Waals surface area contributed by atoms with Crippen molar-refractivity contribution in [2.75, 3.05) is 5.32 Å². The summed E-state index contributed by atoms with van der Waals surface area (Å²) in [5.74, 6) is 0.283. The molecule has 0 atom stereocenters. The number of nitrogens with one attached hydrogen (secondary N) is 2. The van der Waals surface area contributed by atoms with Crippen LogP contribution in [0.5, 0.6) is 0 Å². The van der Waals surface area contributed by atoms with Crippen LogP contribution in [0.1, 0.15) is 10.5 Å². The Bertz CT molecular complexity index is 1140. The zero-order chi connectivity index (χ0) is 18.3. The molecule has 1 amide bonds. The summed E-state index contributed by atoms with van der Waals surface area (Å²) in [6.07, 6.45) is 0. The van der Waals surface area contributed by atoms with Crippen molar-refractivity contribution >= 4 is 50.0 Å². The third-order valence-corrected chi connectivity index (χ3v) is 4.81. The molecule has 0 aliphatic rings. The second kappa shape index (κ2) is 6.54. The summed E-state index contributed by atoms with van der Waals surface area (Å²) in [6, 6.07) is 12.9. The Morgan fingerprint density at radius 2 is 2.12 bits per heavy atom. The van der Waals surface area contributed by atoms with Crippen molar-refractivity contribution in [1.29, 1.82) is 0 Å². The van der Waals surface area contributed by atoms with E-state index >= 15 is 0 Å². The number of aromatic nitrogens is 5. The minimum atomic E-state index is -0.324. The zero-order valence-corrected chi connectivity index (χ0v) is 15.8. The molecule has 2 aromatic heterocycles. The van der Waals surface area contributed by atoms with Gasteiger partial charge < -0.3 is 10.3 Å². The molecular weight excluding hydrogens is 420 g/mol. The van der Waals surface area contributed by atoms with Crippen molar-refractivity contribution in [2.24, 2.45) is 7.05 Å². The summed E-state index contributed by atoms with van der Waals surface area (Å²) in [5.41, 5.74) is 2.51. The quantitative estimate of drug-likeness (QED) is 0.513. The van der Waals surface area contributed by atoms with Gasteiger partial charge in [0, 0.05) is 33.7 Å². The lowest BCUT2D eigenvalue weighted by atomic mass is 10.2. The molecular formula is C17H12BrClN6O. The Labute approximate surface area is 161 Å². The lowest BCUT2D eigenvalue weighted by Gasteiger charge is -2.06. The first-order valence-corrected chi connectivity index (χ1v) is 8.81. The first-order chi connectivity index (χ1) is 12.5. The minimum absolute atomic E-state index is 0.311. The number of nitrogens with zero attached hydrogens (tertiary/aromatic N) is 4. The monoisotopic (exact) mass is 430 g/mol. The van der Waals surface area contributed by atoms with E-state index in [1.54, 1.807) is 23.9 Å². The van der Waals surface area contributed by atoms with Gasteiger partial charge in [0.25, 0.3) is 5.91 Å². The van der Waals surface area contributed by atoms with Gasteiger partial charge in [-0.3, -0.25) is 4.79 Å². The summed E-state index contributed by atoms with van der Waals surface area (Å²) >= 11 is 9.79. The van der Waals surface area contributed by atoms with Crippen molar-refractivity contribution < 1.29 is 4.79 Å². The topological polar surface area (TPSA) is 88.5 Å².